The van der Waals surface area contributed by atoms with E-state index in [1.807, 2.05) is 25.3 Å². The third-order valence-electron chi connectivity index (χ3n) is 6.01. The molecule has 1 atom stereocenters. The Labute approximate surface area is 195 Å². The summed E-state index contributed by atoms with van der Waals surface area (Å²) in [6, 6.07) is 4.02. The van der Waals surface area contributed by atoms with Crippen LogP contribution in [0.2, 0.25) is 0 Å². The molecule has 172 valence electrons. The topological polar surface area (TPSA) is 118 Å². The first-order valence-corrected chi connectivity index (χ1v) is 12.0. The lowest BCUT2D eigenvalue weighted by molar-refractivity contribution is 0.204. The van der Waals surface area contributed by atoms with Crippen molar-refractivity contribution in [2.75, 3.05) is 32.1 Å². The molecule has 2 amide bonds. The first-order valence-electron chi connectivity index (χ1n) is 11.2. The largest absolute Gasteiger partial charge is 0.492 e. The Kier molecular flexibility index (Phi) is 5.86. The predicted molar refractivity (Wildman–Crippen MR) is 130 cm³/mol. The van der Waals surface area contributed by atoms with Crippen molar-refractivity contribution in [3.63, 3.8) is 0 Å². The zero-order valence-corrected chi connectivity index (χ0v) is 19.5. The molecule has 5 rings (SSSR count). The van der Waals surface area contributed by atoms with Gasteiger partial charge in [0.15, 0.2) is 0 Å². The first kappa shape index (κ1) is 21.6. The molecule has 2 aromatic heterocycles. The van der Waals surface area contributed by atoms with Gasteiger partial charge < -0.3 is 26.0 Å². The van der Waals surface area contributed by atoms with E-state index < -0.39 is 0 Å². The van der Waals surface area contributed by atoms with Gasteiger partial charge in [0.05, 0.1) is 23.0 Å². The van der Waals surface area contributed by atoms with E-state index in [1.54, 1.807) is 29.6 Å². The van der Waals surface area contributed by atoms with Gasteiger partial charge in [-0.2, -0.15) is 0 Å². The number of ether oxygens (including phenoxy) is 1. The molecule has 33 heavy (non-hydrogen) atoms. The maximum absolute atomic E-state index is 12.4. The van der Waals surface area contributed by atoms with Crippen LogP contribution < -0.4 is 31.7 Å². The second-order valence-electron chi connectivity index (χ2n) is 8.23. The first-order chi connectivity index (χ1) is 16.1. The van der Waals surface area contributed by atoms with Crippen molar-refractivity contribution >= 4 is 45.3 Å². The summed E-state index contributed by atoms with van der Waals surface area (Å²) in [5, 5.41) is 9.71. The van der Waals surface area contributed by atoms with E-state index in [2.05, 4.69) is 25.6 Å². The van der Waals surface area contributed by atoms with Crippen molar-refractivity contribution < 1.29 is 9.53 Å². The Morgan fingerprint density at radius 2 is 2.24 bits per heavy atom. The van der Waals surface area contributed by atoms with E-state index in [4.69, 9.17) is 10.5 Å². The molecule has 2 aliphatic rings. The highest BCUT2D eigenvalue weighted by Gasteiger charge is 2.27. The Balaban J connectivity index is 1.42. The van der Waals surface area contributed by atoms with Gasteiger partial charge in [-0.1, -0.05) is 0 Å². The number of hydrogen-bond acceptors (Lipinski definition) is 8. The zero-order chi connectivity index (χ0) is 22.9. The summed E-state index contributed by atoms with van der Waals surface area (Å²) in [5.74, 6) is 1.54. The molecule has 4 N–H and O–H groups in total. The maximum Gasteiger partial charge on any atom is 0.317 e. The van der Waals surface area contributed by atoms with Gasteiger partial charge in [-0.3, -0.25) is 4.99 Å². The van der Waals surface area contributed by atoms with Crippen LogP contribution in [0.3, 0.4) is 0 Å². The predicted octanol–water partition coefficient (Wildman–Crippen LogP) is 1.66. The number of nitrogens with two attached hydrogens (primary N) is 1. The molecule has 0 bridgehead atoms. The Bertz CT molecular complexity index is 1340. The zero-order valence-electron chi connectivity index (χ0n) is 18.7. The van der Waals surface area contributed by atoms with Crippen molar-refractivity contribution in [1.82, 2.24) is 20.2 Å². The van der Waals surface area contributed by atoms with Gasteiger partial charge in [0, 0.05) is 55.0 Å². The van der Waals surface area contributed by atoms with Crippen LogP contribution in [-0.4, -0.2) is 53.7 Å². The van der Waals surface area contributed by atoms with Gasteiger partial charge in [-0.25, -0.2) is 14.8 Å². The number of rotatable bonds is 7. The van der Waals surface area contributed by atoms with Crippen LogP contribution in [0.4, 0.5) is 16.3 Å². The summed E-state index contributed by atoms with van der Waals surface area (Å²) in [6.07, 6.45) is 5.96. The molecule has 0 saturated heterocycles. The van der Waals surface area contributed by atoms with Crippen molar-refractivity contribution in [1.29, 1.82) is 0 Å². The standard InChI is InChI=1S/C23H27N7O2S/c1-3-32-18-10-16-13(11-25-16)8-17(18)29-21-20-15-5-4-14(28-23(31)30(2)7-6-24)9-19(15)33-22(20)27-12-26-21/h8,10-12,14H,3-7,9,24H2,1-2H3,(H,28,31)(H,26,27,29). The summed E-state index contributed by atoms with van der Waals surface area (Å²) in [5.41, 5.74) is 7.70. The van der Waals surface area contributed by atoms with E-state index in [0.717, 1.165) is 57.3 Å². The highest BCUT2D eigenvalue weighted by Crippen LogP contribution is 2.39. The number of benzene rings is 1. The lowest BCUT2D eigenvalue weighted by Crippen LogP contribution is -2.46. The monoisotopic (exact) mass is 465 g/mol. The molecule has 1 unspecified atom stereocenters. The number of urea groups is 1. The summed E-state index contributed by atoms with van der Waals surface area (Å²) in [7, 11) is 1.77. The maximum atomic E-state index is 12.4. The number of nitrogens with one attached hydrogen (secondary N) is 2. The van der Waals surface area contributed by atoms with Crippen LogP contribution in [0.5, 0.6) is 5.75 Å². The molecule has 0 saturated carbocycles. The van der Waals surface area contributed by atoms with Gasteiger partial charge in [-0.05, 0) is 31.4 Å². The Hall–Kier alpha value is -3.24. The number of thiophene rings is 1. The number of carbonyl (C=O) groups excluding carboxylic acids is 1. The lowest BCUT2D eigenvalue weighted by Gasteiger charge is -2.26. The van der Waals surface area contributed by atoms with Crippen LogP contribution in [-0.2, 0) is 12.8 Å². The SMILES string of the molecule is CCOc1cc2c(cc1Nc1ncnc3sc4c(c13)CCC(NC(=O)N(C)CCN)C4)=CN=2. The molecule has 3 heterocycles. The molecule has 10 heteroatoms. The molecule has 1 aliphatic carbocycles. The average Bonchev–Trinajstić information content (AvgIpc) is 3.16. The van der Waals surface area contributed by atoms with Gasteiger partial charge in [-0.15, -0.1) is 11.3 Å². The molecular formula is C23H27N7O2S. The van der Waals surface area contributed by atoms with E-state index >= 15 is 0 Å². The van der Waals surface area contributed by atoms with Crippen LogP contribution in [0.25, 0.3) is 16.4 Å². The van der Waals surface area contributed by atoms with Crippen molar-refractivity contribution in [2.45, 2.75) is 32.2 Å². The van der Waals surface area contributed by atoms with Crippen LogP contribution in [0.1, 0.15) is 23.8 Å². The quantitative estimate of drug-likeness (QED) is 0.489. The minimum absolute atomic E-state index is 0.0788. The van der Waals surface area contributed by atoms with Crippen LogP contribution >= 0.6 is 11.3 Å². The molecule has 3 aromatic rings. The Morgan fingerprint density at radius 3 is 3.00 bits per heavy atom. The smallest absolute Gasteiger partial charge is 0.317 e. The summed E-state index contributed by atoms with van der Waals surface area (Å²) in [6.45, 7) is 3.52. The minimum atomic E-state index is -0.0788. The number of fused-ring (bicyclic) bond motifs is 4. The number of carbonyl (C=O) groups is 1. The summed E-state index contributed by atoms with van der Waals surface area (Å²) < 4.78 is 5.84. The van der Waals surface area contributed by atoms with Gasteiger partial charge >= 0.3 is 6.03 Å². The molecule has 0 radical (unpaired) electrons. The van der Waals surface area contributed by atoms with E-state index in [9.17, 15) is 4.79 Å². The fourth-order valence-electron chi connectivity index (χ4n) is 4.28. The average molecular weight is 466 g/mol. The van der Waals surface area contributed by atoms with E-state index in [0.29, 0.717) is 19.7 Å². The van der Waals surface area contributed by atoms with Crippen molar-refractivity contribution in [2.24, 2.45) is 10.7 Å². The molecule has 1 aromatic carbocycles. The van der Waals surface area contributed by atoms with Gasteiger partial charge in [0.1, 0.15) is 22.7 Å². The number of hydrogen-bond donors (Lipinski definition) is 3. The molecule has 1 aliphatic heterocycles. The number of amides is 2. The minimum Gasteiger partial charge on any atom is -0.492 e. The molecular weight excluding hydrogens is 438 g/mol. The number of anilines is 2. The second-order valence-corrected chi connectivity index (χ2v) is 9.31. The fraction of sp³-hybridized carbons (Fsp3) is 0.391. The lowest BCUT2D eigenvalue weighted by atomic mass is 9.93. The highest BCUT2D eigenvalue weighted by atomic mass is 32.1. The third kappa shape index (κ3) is 4.11. The Morgan fingerprint density at radius 1 is 1.36 bits per heavy atom. The molecule has 0 spiro atoms. The van der Waals surface area contributed by atoms with Crippen molar-refractivity contribution in [3.8, 4) is 5.75 Å². The molecule has 0 fully saturated rings. The van der Waals surface area contributed by atoms with E-state index in [1.165, 1.54) is 10.4 Å². The van der Waals surface area contributed by atoms with Gasteiger partial charge in [0.2, 0.25) is 0 Å². The van der Waals surface area contributed by atoms with Crippen molar-refractivity contribution in [3.05, 3.63) is 39.5 Å². The highest BCUT2D eigenvalue weighted by molar-refractivity contribution is 7.19. The number of nitrogens with zero attached hydrogens (tertiary/aromatic N) is 4. The van der Waals surface area contributed by atoms with E-state index in [-0.39, 0.29) is 12.1 Å². The summed E-state index contributed by atoms with van der Waals surface area (Å²) in [4.78, 5) is 29.6. The van der Waals surface area contributed by atoms with Crippen LogP contribution in [0.15, 0.2) is 23.5 Å². The number of aryl methyl sites for hydroxylation is 1. The second kappa shape index (κ2) is 8.95. The van der Waals surface area contributed by atoms with Gasteiger partial charge in [0.25, 0.3) is 0 Å². The van der Waals surface area contributed by atoms with Crippen LogP contribution in [0, 0.1) is 0 Å². The molecule has 9 nitrogen and oxygen atoms in total. The summed E-state index contributed by atoms with van der Waals surface area (Å²) >= 11 is 1.68. The number of aromatic nitrogens is 2. The number of likely N-dealkylation sites (N-methyl/N-ethyl adjacent to an activating group) is 1. The fourth-order valence-corrected chi connectivity index (χ4v) is 5.55. The normalized spacial score (nSPS) is 16.0. The third-order valence-corrected chi connectivity index (χ3v) is 7.17.